The Morgan fingerprint density at radius 3 is 2.71 bits per heavy atom. The van der Waals surface area contributed by atoms with Gasteiger partial charge in [-0.1, -0.05) is 32.3 Å². The van der Waals surface area contributed by atoms with E-state index in [1.54, 1.807) is 18.2 Å². The van der Waals surface area contributed by atoms with Gasteiger partial charge < -0.3 is 10.4 Å². The van der Waals surface area contributed by atoms with E-state index in [2.05, 4.69) is 12.2 Å². The predicted molar refractivity (Wildman–Crippen MR) is 70.7 cm³/mol. The third kappa shape index (κ3) is 4.10. The molecule has 0 aliphatic rings. The first-order valence-corrected chi connectivity index (χ1v) is 6.23. The van der Waals surface area contributed by atoms with Crippen LogP contribution in [-0.2, 0) is 0 Å². The average molecular weight is 235 g/mol. The van der Waals surface area contributed by atoms with Crippen molar-refractivity contribution >= 4 is 11.5 Å². The number of hydrogen-bond acceptors (Lipinski definition) is 3. The van der Waals surface area contributed by atoms with Crippen LogP contribution in [0.2, 0.25) is 0 Å². The van der Waals surface area contributed by atoms with Crippen LogP contribution in [0.25, 0.3) is 0 Å². The minimum atomic E-state index is -0.114. The molecule has 0 aromatic heterocycles. The number of para-hydroxylation sites is 1. The molecule has 2 N–H and O–H groups in total. The van der Waals surface area contributed by atoms with Crippen LogP contribution in [0.5, 0.6) is 5.75 Å². The third-order valence-corrected chi connectivity index (χ3v) is 2.76. The highest BCUT2D eigenvalue weighted by Gasteiger charge is 2.09. The molecule has 0 radical (unpaired) electrons. The molecule has 3 nitrogen and oxygen atoms in total. The van der Waals surface area contributed by atoms with E-state index in [1.165, 1.54) is 26.2 Å². The normalized spacial score (nSPS) is 10.2. The number of anilines is 1. The number of phenols is 1. The molecule has 0 amide bonds. The van der Waals surface area contributed by atoms with Crippen LogP contribution in [0, 0.1) is 0 Å². The van der Waals surface area contributed by atoms with Crippen molar-refractivity contribution < 1.29 is 9.90 Å². The van der Waals surface area contributed by atoms with Crippen LogP contribution in [0.4, 0.5) is 5.69 Å². The summed E-state index contributed by atoms with van der Waals surface area (Å²) < 4.78 is 0. The molecular formula is C14H21NO2. The molecular weight excluding hydrogens is 214 g/mol. The van der Waals surface area contributed by atoms with Crippen molar-refractivity contribution in [2.75, 3.05) is 11.9 Å². The van der Waals surface area contributed by atoms with Gasteiger partial charge in [-0.2, -0.15) is 0 Å². The zero-order valence-corrected chi connectivity index (χ0v) is 10.6. The van der Waals surface area contributed by atoms with Gasteiger partial charge in [-0.25, -0.2) is 0 Å². The Morgan fingerprint density at radius 2 is 2.06 bits per heavy atom. The zero-order chi connectivity index (χ0) is 12.7. The lowest BCUT2D eigenvalue weighted by Gasteiger charge is -2.10. The van der Waals surface area contributed by atoms with Gasteiger partial charge in [0.1, 0.15) is 5.75 Å². The topological polar surface area (TPSA) is 49.3 Å². The van der Waals surface area contributed by atoms with Crippen molar-refractivity contribution in [2.24, 2.45) is 0 Å². The fraction of sp³-hybridized carbons (Fsp3) is 0.500. The Morgan fingerprint density at radius 1 is 1.29 bits per heavy atom. The Kier molecular flexibility index (Phi) is 5.53. The Hall–Kier alpha value is -1.51. The van der Waals surface area contributed by atoms with Gasteiger partial charge in [0.2, 0.25) is 0 Å². The predicted octanol–water partition coefficient (Wildman–Crippen LogP) is 3.59. The fourth-order valence-corrected chi connectivity index (χ4v) is 1.75. The molecule has 17 heavy (non-hydrogen) atoms. The molecule has 1 rings (SSSR count). The lowest BCUT2D eigenvalue weighted by atomic mass is 10.1. The summed E-state index contributed by atoms with van der Waals surface area (Å²) in [5.74, 6) is -0.0485. The van der Waals surface area contributed by atoms with Gasteiger partial charge in [0.05, 0.1) is 11.3 Å². The number of ketones is 1. The van der Waals surface area contributed by atoms with Crippen LogP contribution >= 0.6 is 0 Å². The minimum Gasteiger partial charge on any atom is -0.505 e. The number of aromatic hydroxyl groups is 1. The molecule has 0 fully saturated rings. The summed E-state index contributed by atoms with van der Waals surface area (Å²) in [7, 11) is 0. The van der Waals surface area contributed by atoms with E-state index >= 15 is 0 Å². The monoisotopic (exact) mass is 235 g/mol. The van der Waals surface area contributed by atoms with Gasteiger partial charge in [0, 0.05) is 6.54 Å². The lowest BCUT2D eigenvalue weighted by molar-refractivity contribution is 0.101. The maximum absolute atomic E-state index is 11.2. The molecule has 0 unspecified atom stereocenters. The SMILES string of the molecule is CCCCCCNc1cccc(C(C)=O)c1O. The number of unbranched alkanes of at least 4 members (excludes halogenated alkanes) is 3. The van der Waals surface area contributed by atoms with E-state index in [0.717, 1.165) is 13.0 Å². The van der Waals surface area contributed by atoms with Crippen molar-refractivity contribution in [2.45, 2.75) is 39.5 Å². The summed E-state index contributed by atoms with van der Waals surface area (Å²) in [5.41, 5.74) is 1.03. The quantitative estimate of drug-likeness (QED) is 0.431. The number of hydrogen-bond donors (Lipinski definition) is 2. The van der Waals surface area contributed by atoms with Crippen LogP contribution in [0.1, 0.15) is 49.9 Å². The Balaban J connectivity index is 2.54. The van der Waals surface area contributed by atoms with Gasteiger partial charge in [0.25, 0.3) is 0 Å². The van der Waals surface area contributed by atoms with Crippen molar-refractivity contribution in [1.82, 2.24) is 0 Å². The summed E-state index contributed by atoms with van der Waals surface area (Å²) >= 11 is 0. The van der Waals surface area contributed by atoms with Crippen molar-refractivity contribution in [1.29, 1.82) is 0 Å². The van der Waals surface area contributed by atoms with Crippen LogP contribution in [0.3, 0.4) is 0 Å². The van der Waals surface area contributed by atoms with Gasteiger partial charge >= 0.3 is 0 Å². The molecule has 0 bridgehead atoms. The first-order chi connectivity index (χ1) is 8.16. The number of Topliss-reactive ketones (excluding diaryl/α,β-unsaturated/α-hetero) is 1. The number of carbonyl (C=O) groups is 1. The van der Waals surface area contributed by atoms with Gasteiger partial charge in [-0.15, -0.1) is 0 Å². The van der Waals surface area contributed by atoms with E-state index in [4.69, 9.17) is 0 Å². The summed E-state index contributed by atoms with van der Waals surface area (Å²) in [4.78, 5) is 11.2. The lowest BCUT2D eigenvalue weighted by Crippen LogP contribution is -2.03. The molecule has 1 aromatic carbocycles. The molecule has 3 heteroatoms. The van der Waals surface area contributed by atoms with E-state index in [9.17, 15) is 9.90 Å². The molecule has 0 atom stereocenters. The van der Waals surface area contributed by atoms with E-state index in [0.29, 0.717) is 11.3 Å². The van der Waals surface area contributed by atoms with E-state index < -0.39 is 0 Å². The zero-order valence-electron chi connectivity index (χ0n) is 10.6. The smallest absolute Gasteiger partial charge is 0.163 e. The maximum atomic E-state index is 11.2. The van der Waals surface area contributed by atoms with Crippen molar-refractivity contribution in [3.8, 4) is 5.75 Å². The molecule has 0 heterocycles. The summed E-state index contributed by atoms with van der Waals surface area (Å²) in [6.07, 6.45) is 4.72. The molecule has 0 aliphatic heterocycles. The standard InChI is InChI=1S/C14H21NO2/c1-3-4-5-6-10-15-13-9-7-8-12(11(2)16)14(13)17/h7-9,15,17H,3-6,10H2,1-2H3. The summed E-state index contributed by atoms with van der Waals surface area (Å²) in [6, 6.07) is 5.21. The van der Waals surface area contributed by atoms with Gasteiger partial charge in [-0.05, 0) is 25.5 Å². The highest BCUT2D eigenvalue weighted by molar-refractivity contribution is 5.98. The van der Waals surface area contributed by atoms with Crippen molar-refractivity contribution in [3.05, 3.63) is 23.8 Å². The minimum absolute atomic E-state index is 0.0653. The van der Waals surface area contributed by atoms with Crippen LogP contribution in [-0.4, -0.2) is 17.4 Å². The first kappa shape index (κ1) is 13.6. The molecule has 1 aromatic rings. The largest absolute Gasteiger partial charge is 0.505 e. The molecule has 94 valence electrons. The van der Waals surface area contributed by atoms with E-state index in [1.807, 2.05) is 0 Å². The highest BCUT2D eigenvalue weighted by atomic mass is 16.3. The second kappa shape index (κ2) is 6.94. The van der Waals surface area contributed by atoms with Gasteiger partial charge in [-0.3, -0.25) is 4.79 Å². The highest BCUT2D eigenvalue weighted by Crippen LogP contribution is 2.27. The molecule has 0 saturated carbocycles. The fourth-order valence-electron chi connectivity index (χ4n) is 1.75. The second-order valence-corrected chi connectivity index (χ2v) is 4.25. The van der Waals surface area contributed by atoms with Crippen LogP contribution < -0.4 is 5.32 Å². The number of phenolic OH excluding ortho intramolecular Hbond substituents is 1. The summed E-state index contributed by atoms with van der Waals surface area (Å²) in [6.45, 7) is 4.46. The summed E-state index contributed by atoms with van der Waals surface area (Å²) in [5, 5.41) is 13.0. The molecule has 0 aliphatic carbocycles. The number of benzene rings is 1. The number of carbonyl (C=O) groups excluding carboxylic acids is 1. The van der Waals surface area contributed by atoms with Crippen LogP contribution in [0.15, 0.2) is 18.2 Å². The Labute approximate surface area is 103 Å². The third-order valence-electron chi connectivity index (χ3n) is 2.76. The van der Waals surface area contributed by atoms with E-state index in [-0.39, 0.29) is 11.5 Å². The number of nitrogens with one attached hydrogen (secondary N) is 1. The average Bonchev–Trinajstić information content (AvgIpc) is 2.30. The Bertz CT molecular complexity index is 374. The van der Waals surface area contributed by atoms with Crippen molar-refractivity contribution in [3.63, 3.8) is 0 Å². The maximum Gasteiger partial charge on any atom is 0.163 e. The molecule has 0 saturated heterocycles. The van der Waals surface area contributed by atoms with Gasteiger partial charge in [0.15, 0.2) is 5.78 Å². The second-order valence-electron chi connectivity index (χ2n) is 4.25. The first-order valence-electron chi connectivity index (χ1n) is 6.23. The number of rotatable bonds is 7. The molecule has 0 spiro atoms.